The Morgan fingerprint density at radius 2 is 1.83 bits per heavy atom. The first-order valence-electron chi connectivity index (χ1n) is 8.39. The summed E-state index contributed by atoms with van der Waals surface area (Å²) in [6.45, 7) is 0. The van der Waals surface area contributed by atoms with Crippen LogP contribution >= 0.6 is 0 Å². The van der Waals surface area contributed by atoms with Gasteiger partial charge in [0.05, 0.1) is 6.10 Å². The van der Waals surface area contributed by atoms with E-state index in [1.807, 2.05) is 54.6 Å². The standard InChI is InChI=1S/C22H20O2/c23-19-13-12-18-17(21(19)15-7-3-1-4-8-15)11-14-20(24)22(18)16-9-5-2-6-10-16/h1-5,7-9,11-14,19,21,23-24H,6,10H2. The van der Waals surface area contributed by atoms with Gasteiger partial charge in [-0.25, -0.2) is 0 Å². The molecule has 2 aliphatic carbocycles. The van der Waals surface area contributed by atoms with E-state index in [0.717, 1.165) is 40.7 Å². The van der Waals surface area contributed by atoms with Crippen molar-refractivity contribution in [2.75, 3.05) is 0 Å². The predicted molar refractivity (Wildman–Crippen MR) is 97.8 cm³/mol. The van der Waals surface area contributed by atoms with E-state index in [0.29, 0.717) is 5.75 Å². The van der Waals surface area contributed by atoms with Crippen molar-refractivity contribution in [3.8, 4) is 5.75 Å². The molecule has 4 rings (SSSR count). The van der Waals surface area contributed by atoms with E-state index in [1.54, 1.807) is 6.07 Å². The number of benzene rings is 2. The summed E-state index contributed by atoms with van der Waals surface area (Å²) in [5.41, 5.74) is 5.24. The maximum absolute atomic E-state index is 10.6. The van der Waals surface area contributed by atoms with Crippen molar-refractivity contribution in [3.63, 3.8) is 0 Å². The summed E-state index contributed by atoms with van der Waals surface area (Å²) in [6, 6.07) is 13.8. The highest BCUT2D eigenvalue weighted by molar-refractivity contribution is 5.82. The van der Waals surface area contributed by atoms with Gasteiger partial charge in [-0.1, -0.05) is 66.8 Å². The summed E-state index contributed by atoms with van der Waals surface area (Å²) in [5.74, 6) is 0.202. The van der Waals surface area contributed by atoms with Gasteiger partial charge in [0.2, 0.25) is 0 Å². The Morgan fingerprint density at radius 1 is 1.00 bits per heavy atom. The van der Waals surface area contributed by atoms with Gasteiger partial charge in [-0.15, -0.1) is 0 Å². The van der Waals surface area contributed by atoms with E-state index in [1.165, 1.54) is 0 Å². The molecule has 0 bridgehead atoms. The maximum atomic E-state index is 10.6. The summed E-state index contributed by atoms with van der Waals surface area (Å²) in [7, 11) is 0. The molecule has 0 saturated carbocycles. The normalized spacial score (nSPS) is 22.1. The average molecular weight is 316 g/mol. The van der Waals surface area contributed by atoms with Crippen molar-refractivity contribution in [2.45, 2.75) is 24.9 Å². The van der Waals surface area contributed by atoms with Gasteiger partial charge in [0.25, 0.3) is 0 Å². The number of phenolic OH excluding ortho intramolecular Hbond substituents is 1. The Kier molecular flexibility index (Phi) is 3.83. The van der Waals surface area contributed by atoms with Crippen LogP contribution in [0.15, 0.2) is 66.8 Å². The molecule has 2 aromatic rings. The van der Waals surface area contributed by atoms with Crippen molar-refractivity contribution < 1.29 is 10.2 Å². The molecule has 0 saturated heterocycles. The molecule has 0 fully saturated rings. The molecular formula is C22H20O2. The number of allylic oxidation sites excluding steroid dienone is 4. The SMILES string of the molecule is Oc1ccc2c(c1C1=CC=CCC1)C=CC(O)C2c1ccccc1. The van der Waals surface area contributed by atoms with E-state index in [2.05, 4.69) is 12.2 Å². The van der Waals surface area contributed by atoms with Crippen LogP contribution in [0.5, 0.6) is 5.75 Å². The van der Waals surface area contributed by atoms with Gasteiger partial charge in [0, 0.05) is 11.5 Å². The third-order valence-corrected chi connectivity index (χ3v) is 4.89. The van der Waals surface area contributed by atoms with Crippen molar-refractivity contribution in [1.82, 2.24) is 0 Å². The number of fused-ring (bicyclic) bond motifs is 1. The van der Waals surface area contributed by atoms with Crippen LogP contribution in [0.3, 0.4) is 0 Å². The molecule has 0 amide bonds. The molecule has 120 valence electrons. The third-order valence-electron chi connectivity index (χ3n) is 4.89. The summed E-state index contributed by atoms with van der Waals surface area (Å²) in [6.07, 6.45) is 11.4. The molecule has 2 unspecified atom stereocenters. The van der Waals surface area contributed by atoms with Crippen LogP contribution < -0.4 is 0 Å². The minimum atomic E-state index is -0.558. The molecule has 0 aromatic heterocycles. The first kappa shape index (κ1) is 15.0. The minimum Gasteiger partial charge on any atom is -0.507 e. The lowest BCUT2D eigenvalue weighted by Gasteiger charge is -2.29. The number of aliphatic hydroxyl groups excluding tert-OH is 1. The molecule has 2 aromatic carbocycles. The molecule has 0 heterocycles. The van der Waals surface area contributed by atoms with E-state index in [4.69, 9.17) is 0 Å². The predicted octanol–water partition coefficient (Wildman–Crippen LogP) is 4.65. The summed E-state index contributed by atoms with van der Waals surface area (Å²) in [5, 5.41) is 21.0. The van der Waals surface area contributed by atoms with Crippen molar-refractivity contribution in [2.24, 2.45) is 0 Å². The fourth-order valence-corrected chi connectivity index (χ4v) is 3.75. The first-order chi connectivity index (χ1) is 11.8. The molecule has 2 nitrogen and oxygen atoms in total. The lowest BCUT2D eigenvalue weighted by molar-refractivity contribution is 0.203. The van der Waals surface area contributed by atoms with Gasteiger partial charge < -0.3 is 10.2 Å². The monoisotopic (exact) mass is 316 g/mol. The van der Waals surface area contributed by atoms with Gasteiger partial charge in [-0.2, -0.15) is 0 Å². The molecule has 0 spiro atoms. The second-order valence-corrected chi connectivity index (χ2v) is 6.36. The molecular weight excluding hydrogens is 296 g/mol. The Hall–Kier alpha value is -2.58. The van der Waals surface area contributed by atoms with E-state index in [-0.39, 0.29) is 5.92 Å². The van der Waals surface area contributed by atoms with Crippen LogP contribution in [0, 0.1) is 0 Å². The molecule has 2 atom stereocenters. The Bertz CT molecular complexity index is 844. The zero-order valence-electron chi connectivity index (χ0n) is 13.4. The zero-order chi connectivity index (χ0) is 16.5. The minimum absolute atomic E-state index is 0.106. The summed E-state index contributed by atoms with van der Waals surface area (Å²) < 4.78 is 0. The van der Waals surface area contributed by atoms with Crippen molar-refractivity contribution >= 4 is 11.6 Å². The van der Waals surface area contributed by atoms with Crippen LogP contribution in [0.25, 0.3) is 11.6 Å². The lowest BCUT2D eigenvalue weighted by atomic mass is 9.77. The number of rotatable bonds is 2. The second kappa shape index (κ2) is 6.14. The number of hydrogen-bond donors (Lipinski definition) is 2. The van der Waals surface area contributed by atoms with Crippen molar-refractivity contribution in [3.05, 3.63) is 89.0 Å². The Morgan fingerprint density at radius 3 is 2.58 bits per heavy atom. The molecule has 24 heavy (non-hydrogen) atoms. The molecule has 0 aliphatic heterocycles. The quantitative estimate of drug-likeness (QED) is 0.847. The largest absolute Gasteiger partial charge is 0.507 e. The van der Waals surface area contributed by atoms with Gasteiger partial charge in [0.1, 0.15) is 5.75 Å². The summed E-state index contributed by atoms with van der Waals surface area (Å²) in [4.78, 5) is 0. The highest BCUT2D eigenvalue weighted by Crippen LogP contribution is 2.43. The fourth-order valence-electron chi connectivity index (χ4n) is 3.75. The fraction of sp³-hybridized carbons (Fsp3) is 0.182. The van der Waals surface area contributed by atoms with Gasteiger partial charge in [0.15, 0.2) is 0 Å². The number of phenols is 1. The van der Waals surface area contributed by atoms with E-state index >= 15 is 0 Å². The van der Waals surface area contributed by atoms with Gasteiger partial charge in [-0.05, 0) is 41.2 Å². The number of aromatic hydroxyl groups is 1. The Labute approximate surface area is 142 Å². The van der Waals surface area contributed by atoms with Crippen LogP contribution in [0.1, 0.15) is 41.0 Å². The third kappa shape index (κ3) is 2.49. The lowest BCUT2D eigenvalue weighted by Crippen LogP contribution is -2.21. The molecule has 2 N–H and O–H groups in total. The van der Waals surface area contributed by atoms with Crippen LogP contribution in [0.4, 0.5) is 0 Å². The smallest absolute Gasteiger partial charge is 0.123 e. The second-order valence-electron chi connectivity index (χ2n) is 6.36. The topological polar surface area (TPSA) is 40.5 Å². The van der Waals surface area contributed by atoms with E-state index in [9.17, 15) is 10.2 Å². The average Bonchev–Trinajstić information content (AvgIpc) is 2.63. The molecule has 2 aliphatic rings. The molecule has 0 radical (unpaired) electrons. The van der Waals surface area contributed by atoms with E-state index < -0.39 is 6.10 Å². The van der Waals surface area contributed by atoms with Crippen LogP contribution in [-0.4, -0.2) is 16.3 Å². The highest BCUT2D eigenvalue weighted by Gasteiger charge is 2.29. The van der Waals surface area contributed by atoms with Crippen LogP contribution in [-0.2, 0) is 0 Å². The number of aliphatic hydroxyl groups is 1. The van der Waals surface area contributed by atoms with Gasteiger partial charge >= 0.3 is 0 Å². The highest BCUT2D eigenvalue weighted by atomic mass is 16.3. The van der Waals surface area contributed by atoms with Gasteiger partial charge in [-0.3, -0.25) is 0 Å². The summed E-state index contributed by atoms with van der Waals surface area (Å²) >= 11 is 0. The first-order valence-corrected chi connectivity index (χ1v) is 8.39. The maximum Gasteiger partial charge on any atom is 0.123 e. The molecule has 2 heteroatoms. The Balaban J connectivity index is 1.90. The van der Waals surface area contributed by atoms with Crippen LogP contribution in [0.2, 0.25) is 0 Å². The van der Waals surface area contributed by atoms with Crippen molar-refractivity contribution in [1.29, 1.82) is 0 Å². The zero-order valence-corrected chi connectivity index (χ0v) is 13.4. The number of hydrogen-bond acceptors (Lipinski definition) is 2.